The third-order valence-electron chi connectivity index (χ3n) is 3.59. The van der Waals surface area contributed by atoms with Gasteiger partial charge in [0.25, 0.3) is 0 Å². The summed E-state index contributed by atoms with van der Waals surface area (Å²) < 4.78 is 0. The lowest BCUT2D eigenvalue weighted by atomic mass is 10.1. The Labute approximate surface area is 123 Å². The number of hydrogen-bond donors (Lipinski definition) is 1. The summed E-state index contributed by atoms with van der Waals surface area (Å²) in [5, 5.41) is 3.14. The van der Waals surface area contributed by atoms with Gasteiger partial charge in [0.2, 0.25) is 0 Å². The minimum Gasteiger partial charge on any atom is -0.353 e. The molecule has 6 heteroatoms. The van der Waals surface area contributed by atoms with Crippen LogP contribution in [0.3, 0.4) is 0 Å². The second-order valence-corrected chi connectivity index (χ2v) is 5.90. The van der Waals surface area contributed by atoms with Crippen molar-refractivity contribution in [3.63, 3.8) is 0 Å². The van der Waals surface area contributed by atoms with Crippen molar-refractivity contribution in [2.75, 3.05) is 36.0 Å². The van der Waals surface area contributed by atoms with E-state index in [1.54, 1.807) is 11.3 Å². The van der Waals surface area contributed by atoms with E-state index in [0.29, 0.717) is 0 Å². The van der Waals surface area contributed by atoms with E-state index < -0.39 is 0 Å². The van der Waals surface area contributed by atoms with Gasteiger partial charge in [0, 0.05) is 50.0 Å². The zero-order valence-electron chi connectivity index (χ0n) is 11.6. The van der Waals surface area contributed by atoms with Crippen LogP contribution >= 0.6 is 11.3 Å². The standard InChI is InChI=1S/C14H19N5S/c1-11(15)12-2-3-16-13(10-12)18-5-7-19(8-6-18)14-17-4-9-20-14/h2-4,9-11H,5-8,15H2,1H3. The molecule has 2 aromatic heterocycles. The zero-order valence-corrected chi connectivity index (χ0v) is 12.4. The molecule has 0 amide bonds. The van der Waals surface area contributed by atoms with Gasteiger partial charge in [-0.25, -0.2) is 9.97 Å². The van der Waals surface area contributed by atoms with Crippen LogP contribution in [0, 0.1) is 0 Å². The molecule has 1 atom stereocenters. The highest BCUT2D eigenvalue weighted by Crippen LogP contribution is 2.22. The van der Waals surface area contributed by atoms with Crippen LogP contribution in [0.1, 0.15) is 18.5 Å². The van der Waals surface area contributed by atoms with Gasteiger partial charge in [-0.2, -0.15) is 0 Å². The molecule has 1 aliphatic rings. The van der Waals surface area contributed by atoms with Gasteiger partial charge in [-0.1, -0.05) is 0 Å². The Hall–Kier alpha value is -1.66. The van der Waals surface area contributed by atoms with Gasteiger partial charge in [0.05, 0.1) is 0 Å². The summed E-state index contributed by atoms with van der Waals surface area (Å²) in [6.07, 6.45) is 3.71. The van der Waals surface area contributed by atoms with E-state index in [4.69, 9.17) is 5.73 Å². The van der Waals surface area contributed by atoms with Crippen LogP contribution in [0.5, 0.6) is 0 Å². The summed E-state index contributed by atoms with van der Waals surface area (Å²) in [7, 11) is 0. The fourth-order valence-corrected chi connectivity index (χ4v) is 3.09. The number of nitrogens with two attached hydrogens (primary N) is 1. The average Bonchev–Trinajstić information content (AvgIpc) is 3.02. The van der Waals surface area contributed by atoms with Crippen molar-refractivity contribution in [2.24, 2.45) is 5.73 Å². The van der Waals surface area contributed by atoms with Gasteiger partial charge in [-0.05, 0) is 24.6 Å². The van der Waals surface area contributed by atoms with Gasteiger partial charge in [0.15, 0.2) is 5.13 Å². The number of nitrogens with zero attached hydrogens (tertiary/aromatic N) is 4. The van der Waals surface area contributed by atoms with Crippen molar-refractivity contribution in [1.82, 2.24) is 9.97 Å². The van der Waals surface area contributed by atoms with E-state index in [-0.39, 0.29) is 6.04 Å². The van der Waals surface area contributed by atoms with Crippen LogP contribution in [0.4, 0.5) is 10.9 Å². The van der Waals surface area contributed by atoms with E-state index in [1.807, 2.05) is 30.8 Å². The molecule has 1 saturated heterocycles. The summed E-state index contributed by atoms with van der Waals surface area (Å²) in [4.78, 5) is 13.5. The highest BCUT2D eigenvalue weighted by atomic mass is 32.1. The SMILES string of the molecule is CC(N)c1ccnc(N2CCN(c3nccs3)CC2)c1. The second kappa shape index (κ2) is 5.76. The van der Waals surface area contributed by atoms with Gasteiger partial charge < -0.3 is 15.5 Å². The summed E-state index contributed by atoms with van der Waals surface area (Å²) in [5.74, 6) is 1.03. The Morgan fingerprint density at radius 2 is 1.90 bits per heavy atom. The van der Waals surface area contributed by atoms with Crippen LogP contribution in [-0.4, -0.2) is 36.1 Å². The smallest absolute Gasteiger partial charge is 0.185 e. The highest BCUT2D eigenvalue weighted by Gasteiger charge is 2.19. The van der Waals surface area contributed by atoms with Gasteiger partial charge >= 0.3 is 0 Å². The third kappa shape index (κ3) is 2.76. The van der Waals surface area contributed by atoms with Crippen molar-refractivity contribution in [2.45, 2.75) is 13.0 Å². The average molecular weight is 289 g/mol. The number of rotatable bonds is 3. The molecule has 0 saturated carbocycles. The molecule has 3 heterocycles. The monoisotopic (exact) mass is 289 g/mol. The predicted octanol–water partition coefficient (Wildman–Crippen LogP) is 1.88. The molecular formula is C14H19N5S. The summed E-state index contributed by atoms with van der Waals surface area (Å²) >= 11 is 1.70. The second-order valence-electron chi connectivity index (χ2n) is 5.02. The lowest BCUT2D eigenvalue weighted by molar-refractivity contribution is 0.645. The lowest BCUT2D eigenvalue weighted by Gasteiger charge is -2.35. The number of hydrogen-bond acceptors (Lipinski definition) is 6. The maximum Gasteiger partial charge on any atom is 0.185 e. The molecule has 1 fully saturated rings. The minimum atomic E-state index is 0.0494. The lowest BCUT2D eigenvalue weighted by Crippen LogP contribution is -2.46. The number of pyridine rings is 1. The first-order valence-corrected chi connectivity index (χ1v) is 7.73. The fraction of sp³-hybridized carbons (Fsp3) is 0.429. The quantitative estimate of drug-likeness (QED) is 0.935. The van der Waals surface area contributed by atoms with Crippen molar-refractivity contribution < 1.29 is 0 Å². The number of anilines is 2. The third-order valence-corrected chi connectivity index (χ3v) is 4.42. The van der Waals surface area contributed by atoms with E-state index in [1.165, 1.54) is 0 Å². The normalized spacial score (nSPS) is 17.3. The minimum absolute atomic E-state index is 0.0494. The summed E-state index contributed by atoms with van der Waals surface area (Å²) in [6.45, 7) is 5.90. The Bertz CT molecular complexity index is 546. The molecule has 3 rings (SSSR count). The Kier molecular flexibility index (Phi) is 3.84. The van der Waals surface area contributed by atoms with Crippen LogP contribution < -0.4 is 15.5 Å². The number of piperazine rings is 1. The summed E-state index contributed by atoms with van der Waals surface area (Å²) in [6, 6.07) is 4.14. The van der Waals surface area contributed by atoms with Gasteiger partial charge in [0.1, 0.15) is 5.82 Å². The Morgan fingerprint density at radius 1 is 1.15 bits per heavy atom. The van der Waals surface area contributed by atoms with Crippen molar-refractivity contribution >= 4 is 22.3 Å². The van der Waals surface area contributed by atoms with Crippen molar-refractivity contribution in [3.05, 3.63) is 35.5 Å². The Balaban J connectivity index is 1.67. The number of aromatic nitrogens is 2. The molecule has 2 aromatic rings. The van der Waals surface area contributed by atoms with E-state index in [2.05, 4.69) is 25.8 Å². The fourth-order valence-electron chi connectivity index (χ4n) is 2.39. The van der Waals surface area contributed by atoms with Gasteiger partial charge in [-0.15, -0.1) is 11.3 Å². The van der Waals surface area contributed by atoms with Crippen molar-refractivity contribution in [1.29, 1.82) is 0 Å². The molecule has 0 radical (unpaired) electrons. The van der Waals surface area contributed by atoms with Crippen LogP contribution in [-0.2, 0) is 0 Å². The maximum absolute atomic E-state index is 5.94. The zero-order chi connectivity index (χ0) is 13.9. The molecule has 20 heavy (non-hydrogen) atoms. The van der Waals surface area contributed by atoms with E-state index in [9.17, 15) is 0 Å². The molecule has 5 nitrogen and oxygen atoms in total. The topological polar surface area (TPSA) is 58.3 Å². The highest BCUT2D eigenvalue weighted by molar-refractivity contribution is 7.13. The van der Waals surface area contributed by atoms with Crippen LogP contribution in [0.25, 0.3) is 0 Å². The molecule has 2 N–H and O–H groups in total. The first kappa shape index (κ1) is 13.3. The molecule has 0 spiro atoms. The van der Waals surface area contributed by atoms with Crippen LogP contribution in [0.15, 0.2) is 29.9 Å². The van der Waals surface area contributed by atoms with Crippen LogP contribution in [0.2, 0.25) is 0 Å². The molecule has 0 bridgehead atoms. The maximum atomic E-state index is 5.94. The van der Waals surface area contributed by atoms with Crippen molar-refractivity contribution in [3.8, 4) is 0 Å². The number of thiazole rings is 1. The predicted molar refractivity (Wildman–Crippen MR) is 83.4 cm³/mol. The summed E-state index contributed by atoms with van der Waals surface area (Å²) in [5.41, 5.74) is 7.07. The van der Waals surface area contributed by atoms with E-state index >= 15 is 0 Å². The molecule has 1 aliphatic heterocycles. The van der Waals surface area contributed by atoms with E-state index in [0.717, 1.165) is 42.7 Å². The Morgan fingerprint density at radius 3 is 2.55 bits per heavy atom. The van der Waals surface area contributed by atoms with Gasteiger partial charge in [-0.3, -0.25) is 0 Å². The molecular weight excluding hydrogens is 270 g/mol. The molecule has 1 unspecified atom stereocenters. The first-order valence-electron chi connectivity index (χ1n) is 6.85. The first-order chi connectivity index (χ1) is 9.74. The largest absolute Gasteiger partial charge is 0.353 e. The molecule has 0 aromatic carbocycles. The molecule has 106 valence electrons. The molecule has 0 aliphatic carbocycles.